The number of hydrogen-bond donors (Lipinski definition) is 2. The molecule has 1 fully saturated rings. The molecule has 0 aliphatic carbocycles. The number of likely N-dealkylation sites (tertiary alicyclic amines) is 1. The third kappa shape index (κ3) is 4.03. The fourth-order valence-corrected chi connectivity index (χ4v) is 2.76. The molecule has 2 aromatic rings. The quantitative estimate of drug-likeness (QED) is 0.888. The third-order valence-corrected chi connectivity index (χ3v) is 3.98. The van der Waals surface area contributed by atoms with Crippen LogP contribution in [0, 0.1) is 0 Å². The van der Waals surface area contributed by atoms with E-state index in [9.17, 15) is 9.59 Å². The molecule has 2 N–H and O–H groups in total. The normalized spacial score (nSPS) is 14.2. The van der Waals surface area contributed by atoms with Gasteiger partial charge in [0.1, 0.15) is 11.3 Å². The Kier molecular flexibility index (Phi) is 4.80. The average molecular weight is 315 g/mol. The van der Waals surface area contributed by atoms with E-state index in [1.165, 1.54) is 0 Å². The van der Waals surface area contributed by atoms with Gasteiger partial charge in [-0.3, -0.25) is 4.79 Å². The Balaban J connectivity index is 1.38. The number of fused-ring (bicyclic) bond motifs is 1. The summed E-state index contributed by atoms with van der Waals surface area (Å²) >= 11 is 0. The Morgan fingerprint density at radius 2 is 1.91 bits per heavy atom. The summed E-state index contributed by atoms with van der Waals surface area (Å²) in [5, 5.41) is 6.45. The minimum atomic E-state index is -0.292. The van der Waals surface area contributed by atoms with Gasteiger partial charge in [-0.15, -0.1) is 0 Å². The molecule has 0 radical (unpaired) electrons. The van der Waals surface area contributed by atoms with E-state index in [2.05, 4.69) is 10.6 Å². The molecule has 1 saturated heterocycles. The van der Waals surface area contributed by atoms with Crippen LogP contribution in [0.1, 0.15) is 25.0 Å². The second kappa shape index (κ2) is 7.17. The van der Waals surface area contributed by atoms with Crippen LogP contribution < -0.4 is 10.6 Å². The van der Waals surface area contributed by atoms with Gasteiger partial charge in [0.15, 0.2) is 0 Å². The molecular formula is C17H21N3O3. The van der Waals surface area contributed by atoms with E-state index >= 15 is 0 Å². The average Bonchev–Trinajstić information content (AvgIpc) is 3.21. The zero-order valence-electron chi connectivity index (χ0n) is 13.0. The Hall–Kier alpha value is -2.50. The van der Waals surface area contributed by atoms with Crippen LogP contribution in [-0.2, 0) is 11.3 Å². The van der Waals surface area contributed by atoms with E-state index in [0.29, 0.717) is 25.3 Å². The first-order chi connectivity index (χ1) is 11.2. The maximum Gasteiger partial charge on any atom is 0.315 e. The number of furan rings is 1. The van der Waals surface area contributed by atoms with E-state index < -0.39 is 0 Å². The molecule has 6 nitrogen and oxygen atoms in total. The molecule has 1 aromatic carbocycles. The highest BCUT2D eigenvalue weighted by Crippen LogP contribution is 2.18. The van der Waals surface area contributed by atoms with Crippen molar-refractivity contribution in [2.45, 2.75) is 25.8 Å². The fraction of sp³-hybridized carbons (Fsp3) is 0.412. The van der Waals surface area contributed by atoms with Gasteiger partial charge in [0.05, 0.1) is 6.54 Å². The van der Waals surface area contributed by atoms with Crippen molar-refractivity contribution in [2.24, 2.45) is 0 Å². The number of nitrogens with zero attached hydrogens (tertiary/aromatic N) is 1. The Labute approximate surface area is 134 Å². The molecule has 0 saturated carbocycles. The lowest BCUT2D eigenvalue weighted by Crippen LogP contribution is -2.38. The zero-order valence-corrected chi connectivity index (χ0v) is 13.0. The van der Waals surface area contributed by atoms with E-state index in [1.54, 1.807) is 0 Å². The van der Waals surface area contributed by atoms with E-state index in [4.69, 9.17) is 4.42 Å². The van der Waals surface area contributed by atoms with Gasteiger partial charge in [-0.25, -0.2) is 4.79 Å². The maximum atomic E-state index is 11.8. The lowest BCUT2D eigenvalue weighted by atomic mass is 10.2. The van der Waals surface area contributed by atoms with E-state index in [0.717, 1.165) is 36.9 Å². The molecule has 122 valence electrons. The summed E-state index contributed by atoms with van der Waals surface area (Å²) in [7, 11) is 0. The van der Waals surface area contributed by atoms with Crippen molar-refractivity contribution in [2.75, 3.05) is 19.6 Å². The van der Waals surface area contributed by atoms with Crippen LogP contribution in [0.2, 0.25) is 0 Å². The SMILES string of the molecule is O=C(NCCC(=O)N1CCCC1)NCc1cc2ccccc2o1. The number of para-hydroxylation sites is 1. The number of carbonyl (C=O) groups excluding carboxylic acids is 2. The summed E-state index contributed by atoms with van der Waals surface area (Å²) < 4.78 is 5.63. The molecule has 0 unspecified atom stereocenters. The molecule has 3 rings (SSSR count). The highest BCUT2D eigenvalue weighted by atomic mass is 16.3. The standard InChI is InChI=1S/C17H21N3O3/c21-16(20-9-3-4-10-20)7-8-18-17(22)19-12-14-11-13-5-1-2-6-15(13)23-14/h1-2,5-6,11H,3-4,7-10,12H2,(H2,18,19,22). The first-order valence-electron chi connectivity index (χ1n) is 7.99. The minimum Gasteiger partial charge on any atom is -0.459 e. The van der Waals surface area contributed by atoms with Gasteiger partial charge >= 0.3 is 6.03 Å². The van der Waals surface area contributed by atoms with Gasteiger partial charge in [-0.1, -0.05) is 18.2 Å². The third-order valence-electron chi connectivity index (χ3n) is 3.98. The van der Waals surface area contributed by atoms with E-state index in [-0.39, 0.29) is 11.9 Å². The van der Waals surface area contributed by atoms with E-state index in [1.807, 2.05) is 35.2 Å². The number of amides is 3. The first-order valence-corrected chi connectivity index (χ1v) is 7.99. The van der Waals surface area contributed by atoms with Crippen LogP contribution in [0.5, 0.6) is 0 Å². The molecule has 2 heterocycles. The smallest absolute Gasteiger partial charge is 0.315 e. The van der Waals surface area contributed by atoms with Crippen LogP contribution >= 0.6 is 0 Å². The monoisotopic (exact) mass is 315 g/mol. The second-order valence-electron chi connectivity index (χ2n) is 5.70. The molecule has 6 heteroatoms. The van der Waals surface area contributed by atoms with Crippen LogP contribution in [0.3, 0.4) is 0 Å². The van der Waals surface area contributed by atoms with Crippen LogP contribution in [0.25, 0.3) is 11.0 Å². The summed E-state index contributed by atoms with van der Waals surface area (Å²) in [5.41, 5.74) is 0.806. The molecule has 23 heavy (non-hydrogen) atoms. The van der Waals surface area contributed by atoms with Gasteiger partial charge in [0, 0.05) is 31.4 Å². The molecule has 0 atom stereocenters. The first kappa shape index (κ1) is 15.4. The highest BCUT2D eigenvalue weighted by molar-refractivity contribution is 5.79. The molecule has 1 aliphatic heterocycles. The molecular weight excluding hydrogens is 294 g/mol. The maximum absolute atomic E-state index is 11.8. The van der Waals surface area contributed by atoms with Crippen LogP contribution in [0.15, 0.2) is 34.7 Å². The molecule has 1 aromatic heterocycles. The predicted octanol–water partition coefficient (Wildman–Crippen LogP) is 2.24. The lowest BCUT2D eigenvalue weighted by Gasteiger charge is -2.15. The van der Waals surface area contributed by atoms with Gasteiger partial charge in [-0.05, 0) is 25.0 Å². The molecule has 0 bridgehead atoms. The lowest BCUT2D eigenvalue weighted by molar-refractivity contribution is -0.129. The Bertz CT molecular complexity index is 656. The van der Waals surface area contributed by atoms with Gasteiger partial charge in [0.2, 0.25) is 5.91 Å². The van der Waals surface area contributed by atoms with Gasteiger partial charge in [-0.2, -0.15) is 0 Å². The summed E-state index contributed by atoms with van der Waals surface area (Å²) in [6.45, 7) is 2.36. The van der Waals surface area contributed by atoms with Crippen molar-refractivity contribution in [3.8, 4) is 0 Å². The van der Waals surface area contributed by atoms with Crippen molar-refractivity contribution >= 4 is 22.9 Å². The predicted molar refractivity (Wildman–Crippen MR) is 86.9 cm³/mol. The summed E-state index contributed by atoms with van der Waals surface area (Å²) in [6.07, 6.45) is 2.51. The summed E-state index contributed by atoms with van der Waals surface area (Å²) in [5.74, 6) is 0.814. The number of rotatable bonds is 5. The molecule has 3 amide bonds. The number of nitrogens with one attached hydrogen (secondary N) is 2. The summed E-state index contributed by atoms with van der Waals surface area (Å²) in [6, 6.07) is 9.33. The van der Waals surface area contributed by atoms with Crippen molar-refractivity contribution in [1.29, 1.82) is 0 Å². The second-order valence-corrected chi connectivity index (χ2v) is 5.70. The van der Waals surface area contributed by atoms with Crippen LogP contribution in [0.4, 0.5) is 4.79 Å². The number of hydrogen-bond acceptors (Lipinski definition) is 3. The van der Waals surface area contributed by atoms with Crippen LogP contribution in [-0.4, -0.2) is 36.5 Å². The topological polar surface area (TPSA) is 74.6 Å². The molecule has 1 aliphatic rings. The Morgan fingerprint density at radius 1 is 1.13 bits per heavy atom. The number of carbonyl (C=O) groups is 2. The summed E-state index contributed by atoms with van der Waals surface area (Å²) in [4.78, 5) is 25.4. The minimum absolute atomic E-state index is 0.111. The highest BCUT2D eigenvalue weighted by Gasteiger charge is 2.17. The number of urea groups is 1. The zero-order chi connectivity index (χ0) is 16.1. The molecule has 0 spiro atoms. The van der Waals surface area contributed by atoms with Crippen molar-refractivity contribution in [3.05, 3.63) is 36.1 Å². The number of benzene rings is 1. The largest absolute Gasteiger partial charge is 0.459 e. The van der Waals surface area contributed by atoms with Gasteiger partial charge < -0.3 is 20.0 Å². The van der Waals surface area contributed by atoms with Crippen molar-refractivity contribution in [3.63, 3.8) is 0 Å². The van der Waals surface area contributed by atoms with Crippen molar-refractivity contribution in [1.82, 2.24) is 15.5 Å². The van der Waals surface area contributed by atoms with Gasteiger partial charge in [0.25, 0.3) is 0 Å². The van der Waals surface area contributed by atoms with Crippen molar-refractivity contribution < 1.29 is 14.0 Å². The fourth-order valence-electron chi connectivity index (χ4n) is 2.76. The Morgan fingerprint density at radius 3 is 2.70 bits per heavy atom.